The molecular formula is C13H17N3O2. The fourth-order valence-corrected chi connectivity index (χ4v) is 1.76. The highest BCUT2D eigenvalue weighted by atomic mass is 16.3. The van der Waals surface area contributed by atoms with Gasteiger partial charge in [0.25, 0.3) is 0 Å². The fourth-order valence-electron chi connectivity index (χ4n) is 1.76. The molecule has 5 heteroatoms. The number of fused-ring (bicyclic) bond motifs is 1. The second kappa shape index (κ2) is 5.18. The Hall–Kier alpha value is -1.88. The van der Waals surface area contributed by atoms with E-state index in [0.717, 1.165) is 16.7 Å². The molecule has 0 saturated heterocycles. The van der Waals surface area contributed by atoms with Crippen LogP contribution in [0, 0.1) is 6.92 Å². The Morgan fingerprint density at radius 2 is 2.33 bits per heavy atom. The van der Waals surface area contributed by atoms with Crippen LogP contribution in [-0.2, 0) is 11.3 Å². The summed E-state index contributed by atoms with van der Waals surface area (Å²) in [6.07, 6.45) is 0.337. The zero-order chi connectivity index (χ0) is 13.1. The third-order valence-electron chi connectivity index (χ3n) is 2.56. The Balaban J connectivity index is 2.01. The summed E-state index contributed by atoms with van der Waals surface area (Å²) in [7, 11) is 0. The van der Waals surface area contributed by atoms with Crippen LogP contribution in [0.5, 0.6) is 0 Å². The smallest absolute Gasteiger partial charge is 0.221 e. The molecule has 2 rings (SSSR count). The van der Waals surface area contributed by atoms with E-state index in [4.69, 9.17) is 10.2 Å². The number of aryl methyl sites for hydroxylation is 1. The van der Waals surface area contributed by atoms with E-state index in [9.17, 15) is 4.79 Å². The molecule has 96 valence electrons. The average Bonchev–Trinajstić information content (AvgIpc) is 2.64. The minimum Gasteiger partial charge on any atom is -0.441 e. The highest BCUT2D eigenvalue weighted by Crippen LogP contribution is 2.16. The predicted octanol–water partition coefficient (Wildman–Crippen LogP) is 1.49. The Morgan fingerprint density at radius 3 is 3.06 bits per heavy atom. The van der Waals surface area contributed by atoms with E-state index in [1.807, 2.05) is 32.0 Å². The molecule has 0 aliphatic carbocycles. The van der Waals surface area contributed by atoms with Crippen molar-refractivity contribution in [2.75, 3.05) is 0 Å². The highest BCUT2D eigenvalue weighted by Gasteiger charge is 2.06. The van der Waals surface area contributed by atoms with Crippen LogP contribution in [0.4, 0.5) is 0 Å². The number of nitrogens with one attached hydrogen (secondary N) is 1. The van der Waals surface area contributed by atoms with Gasteiger partial charge in [0.1, 0.15) is 5.52 Å². The summed E-state index contributed by atoms with van der Waals surface area (Å²) >= 11 is 0. The van der Waals surface area contributed by atoms with Crippen LogP contribution in [-0.4, -0.2) is 16.9 Å². The maximum Gasteiger partial charge on any atom is 0.221 e. The molecule has 3 N–H and O–H groups in total. The lowest BCUT2D eigenvalue weighted by Crippen LogP contribution is -2.29. The predicted molar refractivity (Wildman–Crippen MR) is 68.9 cm³/mol. The number of nitrogens with zero attached hydrogens (tertiary/aromatic N) is 1. The molecule has 1 atom stereocenters. The molecule has 0 bridgehead atoms. The number of amides is 1. The minimum absolute atomic E-state index is 0.0427. The Kier molecular flexibility index (Phi) is 3.62. The number of aromatic nitrogens is 1. The van der Waals surface area contributed by atoms with Gasteiger partial charge in [-0.25, -0.2) is 4.98 Å². The molecule has 18 heavy (non-hydrogen) atoms. The van der Waals surface area contributed by atoms with Crippen LogP contribution in [0.25, 0.3) is 11.1 Å². The summed E-state index contributed by atoms with van der Waals surface area (Å²) in [5, 5.41) is 2.82. The van der Waals surface area contributed by atoms with E-state index in [-0.39, 0.29) is 11.9 Å². The van der Waals surface area contributed by atoms with E-state index in [2.05, 4.69) is 10.3 Å². The number of carbonyl (C=O) groups is 1. The average molecular weight is 247 g/mol. The maximum atomic E-state index is 11.5. The lowest BCUT2D eigenvalue weighted by molar-refractivity contribution is -0.121. The van der Waals surface area contributed by atoms with Crippen molar-refractivity contribution in [3.05, 3.63) is 29.7 Å². The van der Waals surface area contributed by atoms with Crippen molar-refractivity contribution in [1.82, 2.24) is 10.3 Å². The second-order valence-corrected chi connectivity index (χ2v) is 4.49. The monoisotopic (exact) mass is 247 g/mol. The van der Waals surface area contributed by atoms with Crippen molar-refractivity contribution in [2.24, 2.45) is 5.73 Å². The van der Waals surface area contributed by atoms with Gasteiger partial charge in [-0.2, -0.15) is 0 Å². The molecule has 1 amide bonds. The van der Waals surface area contributed by atoms with Crippen LogP contribution < -0.4 is 11.1 Å². The van der Waals surface area contributed by atoms with Crippen molar-refractivity contribution in [1.29, 1.82) is 0 Å². The SMILES string of the molecule is Cc1nc2ccc(CNC(=O)CC(C)N)cc2o1. The van der Waals surface area contributed by atoms with E-state index in [1.54, 1.807) is 0 Å². The van der Waals surface area contributed by atoms with Gasteiger partial charge < -0.3 is 15.5 Å². The van der Waals surface area contributed by atoms with Gasteiger partial charge in [-0.3, -0.25) is 4.79 Å². The summed E-state index contributed by atoms with van der Waals surface area (Å²) in [4.78, 5) is 15.7. The zero-order valence-corrected chi connectivity index (χ0v) is 10.6. The van der Waals surface area contributed by atoms with Gasteiger partial charge in [0, 0.05) is 25.9 Å². The molecule has 1 aromatic heterocycles. The molecule has 0 aliphatic heterocycles. The molecular weight excluding hydrogens is 230 g/mol. The fraction of sp³-hybridized carbons (Fsp3) is 0.385. The van der Waals surface area contributed by atoms with E-state index in [0.29, 0.717) is 18.9 Å². The van der Waals surface area contributed by atoms with Crippen molar-refractivity contribution in [3.8, 4) is 0 Å². The largest absolute Gasteiger partial charge is 0.441 e. The summed E-state index contributed by atoms with van der Waals surface area (Å²) in [6, 6.07) is 5.58. The third-order valence-corrected chi connectivity index (χ3v) is 2.56. The van der Waals surface area contributed by atoms with E-state index in [1.165, 1.54) is 0 Å². The Bertz CT molecular complexity index is 560. The number of nitrogens with two attached hydrogens (primary N) is 1. The number of oxazole rings is 1. The molecule has 0 radical (unpaired) electrons. The minimum atomic E-state index is -0.121. The summed E-state index contributed by atoms with van der Waals surface area (Å²) < 4.78 is 5.44. The van der Waals surface area contributed by atoms with Crippen molar-refractivity contribution in [3.63, 3.8) is 0 Å². The Morgan fingerprint density at radius 1 is 1.56 bits per heavy atom. The van der Waals surface area contributed by atoms with Gasteiger partial charge in [-0.05, 0) is 24.6 Å². The molecule has 0 saturated carbocycles. The van der Waals surface area contributed by atoms with E-state index >= 15 is 0 Å². The maximum absolute atomic E-state index is 11.5. The molecule has 0 fully saturated rings. The first-order valence-electron chi connectivity index (χ1n) is 5.93. The molecule has 1 unspecified atom stereocenters. The number of benzene rings is 1. The summed E-state index contributed by atoms with van der Waals surface area (Å²) in [5.74, 6) is 0.599. The van der Waals surface area contributed by atoms with Crippen LogP contribution in [0.1, 0.15) is 24.8 Å². The van der Waals surface area contributed by atoms with E-state index < -0.39 is 0 Å². The first kappa shape index (κ1) is 12.6. The summed E-state index contributed by atoms with van der Waals surface area (Å²) in [5.41, 5.74) is 8.11. The van der Waals surface area contributed by atoms with Crippen LogP contribution in [0.2, 0.25) is 0 Å². The lowest BCUT2D eigenvalue weighted by Gasteiger charge is -2.07. The first-order chi connectivity index (χ1) is 8.54. The number of hydrogen-bond acceptors (Lipinski definition) is 4. The number of hydrogen-bond donors (Lipinski definition) is 2. The normalized spacial score (nSPS) is 12.6. The molecule has 5 nitrogen and oxygen atoms in total. The van der Waals surface area contributed by atoms with Gasteiger partial charge in [0.2, 0.25) is 5.91 Å². The van der Waals surface area contributed by atoms with Crippen molar-refractivity contribution >= 4 is 17.0 Å². The quantitative estimate of drug-likeness (QED) is 0.857. The summed E-state index contributed by atoms with van der Waals surface area (Å²) in [6.45, 7) is 4.09. The number of carbonyl (C=O) groups excluding carboxylic acids is 1. The highest BCUT2D eigenvalue weighted by molar-refractivity contribution is 5.77. The Labute approximate surface area is 105 Å². The molecule has 1 aromatic carbocycles. The molecule has 2 aromatic rings. The third kappa shape index (κ3) is 3.07. The molecule has 1 heterocycles. The second-order valence-electron chi connectivity index (χ2n) is 4.49. The van der Waals surface area contributed by atoms with Crippen LogP contribution in [0.15, 0.2) is 22.6 Å². The number of rotatable bonds is 4. The van der Waals surface area contributed by atoms with Gasteiger partial charge in [-0.1, -0.05) is 6.07 Å². The van der Waals surface area contributed by atoms with Crippen molar-refractivity contribution in [2.45, 2.75) is 32.9 Å². The molecule has 0 spiro atoms. The van der Waals surface area contributed by atoms with Crippen molar-refractivity contribution < 1.29 is 9.21 Å². The first-order valence-corrected chi connectivity index (χ1v) is 5.93. The van der Waals surface area contributed by atoms with Crippen LogP contribution in [0.3, 0.4) is 0 Å². The topological polar surface area (TPSA) is 81.2 Å². The molecule has 0 aliphatic rings. The standard InChI is InChI=1S/C13H17N3O2/c1-8(14)5-13(17)15-7-10-3-4-11-12(6-10)18-9(2)16-11/h3-4,6,8H,5,7,14H2,1-2H3,(H,15,17). The lowest BCUT2D eigenvalue weighted by atomic mass is 10.2. The van der Waals surface area contributed by atoms with Gasteiger partial charge in [0.15, 0.2) is 11.5 Å². The van der Waals surface area contributed by atoms with Gasteiger partial charge >= 0.3 is 0 Å². The van der Waals surface area contributed by atoms with Gasteiger partial charge in [0.05, 0.1) is 0 Å². The van der Waals surface area contributed by atoms with Gasteiger partial charge in [-0.15, -0.1) is 0 Å². The zero-order valence-electron chi connectivity index (χ0n) is 10.6. The van der Waals surface area contributed by atoms with Crippen LogP contribution >= 0.6 is 0 Å².